The molecule has 0 aliphatic rings. The van der Waals surface area contributed by atoms with E-state index in [0.29, 0.717) is 23.2 Å². The fourth-order valence-electron chi connectivity index (χ4n) is 13.9. The number of benzene rings is 11. The van der Waals surface area contributed by atoms with Gasteiger partial charge in [0.2, 0.25) is 0 Å². The molecular formula is C86H72N6S2. The fraction of sp³-hybridized carbons (Fsp3) is 0.186. The van der Waals surface area contributed by atoms with Gasteiger partial charge in [-0.05, 0) is 146 Å². The summed E-state index contributed by atoms with van der Waals surface area (Å²) in [7, 11) is 0. The average Bonchev–Trinajstić information content (AvgIpc) is 1.54. The third-order valence-electron chi connectivity index (χ3n) is 19.2. The largest absolute Gasteiger partial charge is 0.309 e. The standard InChI is InChI=1S/C86H72N6S2/c1-83(2,3)55-42-53(43-56(48-55)84(4,5)6)81-88-80(89-82(90-81)54-44-57(85(7,8)9)49-58(45-54)86(10,11)12)52-33-39-71(92-69-27-19-15-25-65(69)77-73(92)41-37-63-61-23-17-21-29-75(61)94-79(63)77)67(47-52)66-46-51(50-30-34-59(87-13)35-31-50)32-38-70(66)91-68-26-18-14-24-64(68)76-72(91)40-36-62-60-22-16-20-28-74(60)93-78(62)76/h14-49H,1-12H3. The number of aromatic nitrogens is 5. The number of hydrogen-bond donors (Lipinski definition) is 0. The smallest absolute Gasteiger partial charge is 0.187 e. The Morgan fingerprint density at radius 2 is 0.681 bits per heavy atom. The van der Waals surface area contributed by atoms with E-state index in [2.05, 4.69) is 303 Å². The van der Waals surface area contributed by atoms with Gasteiger partial charge in [0.05, 0.1) is 40.0 Å². The molecule has 6 nitrogen and oxygen atoms in total. The first-order chi connectivity index (χ1) is 45.0. The lowest BCUT2D eigenvalue weighted by molar-refractivity contribution is 0.568. The van der Waals surface area contributed by atoms with Gasteiger partial charge in [-0.25, -0.2) is 19.8 Å². The zero-order chi connectivity index (χ0) is 64.9. The Bertz CT molecular complexity index is 5690. The van der Waals surface area contributed by atoms with Gasteiger partial charge in [0.1, 0.15) is 0 Å². The van der Waals surface area contributed by atoms with Gasteiger partial charge in [-0.15, -0.1) is 22.7 Å². The summed E-state index contributed by atoms with van der Waals surface area (Å²) in [5, 5.41) is 9.93. The average molecular weight is 1250 g/mol. The summed E-state index contributed by atoms with van der Waals surface area (Å²) in [5.74, 6) is 1.83. The molecule has 5 heterocycles. The summed E-state index contributed by atoms with van der Waals surface area (Å²) in [4.78, 5) is 20.8. The summed E-state index contributed by atoms with van der Waals surface area (Å²) in [6, 6.07) is 80.6. The van der Waals surface area contributed by atoms with Crippen LogP contribution in [-0.4, -0.2) is 24.1 Å². The molecule has 16 rings (SSSR count). The van der Waals surface area contributed by atoms with E-state index in [9.17, 15) is 0 Å². The van der Waals surface area contributed by atoms with Crippen LogP contribution in [0, 0.1) is 6.57 Å². The monoisotopic (exact) mass is 1250 g/mol. The SMILES string of the molecule is [C-]#[N+]c1ccc(-c2ccc(-n3c4ccccc4c4c5sc6ccccc6c5ccc43)c(-c3cc(-c4nc(-c5cc(C(C)(C)C)cc(C(C)(C)C)c5)nc(-c5cc(C(C)(C)C)cc(C(C)(C)C)c5)n4)ccc3-n3c4ccccc4c4c5sc6ccccc6c5ccc43)c2)cc1. The van der Waals surface area contributed by atoms with Crippen molar-refractivity contribution in [3.05, 3.63) is 252 Å². The predicted octanol–water partition coefficient (Wildman–Crippen LogP) is 24.9. The molecule has 8 heteroatoms. The third-order valence-corrected chi connectivity index (χ3v) is 21.6. The normalized spacial score (nSPS) is 12.7. The van der Waals surface area contributed by atoms with Crippen molar-refractivity contribution in [3.8, 4) is 67.8 Å². The van der Waals surface area contributed by atoms with Gasteiger partial charge in [0.15, 0.2) is 23.2 Å². The Morgan fingerprint density at radius 1 is 0.319 bits per heavy atom. The number of nitrogens with zero attached hydrogens (tertiary/aromatic N) is 6. The topological polar surface area (TPSA) is 52.9 Å². The lowest BCUT2D eigenvalue weighted by Crippen LogP contribution is -2.17. The van der Waals surface area contributed by atoms with E-state index in [1.54, 1.807) is 0 Å². The minimum Gasteiger partial charge on any atom is -0.309 e. The molecule has 0 fully saturated rings. The molecule has 0 unspecified atom stereocenters. The molecule has 0 saturated carbocycles. The van der Waals surface area contributed by atoms with Crippen molar-refractivity contribution in [2.24, 2.45) is 0 Å². The highest BCUT2D eigenvalue weighted by Gasteiger charge is 2.29. The lowest BCUT2D eigenvalue weighted by Gasteiger charge is -2.26. The second-order valence-electron chi connectivity index (χ2n) is 29.6. The van der Waals surface area contributed by atoms with Gasteiger partial charge in [-0.2, -0.15) is 0 Å². The van der Waals surface area contributed by atoms with Crippen LogP contribution in [-0.2, 0) is 21.7 Å². The molecule has 458 valence electrons. The maximum Gasteiger partial charge on any atom is 0.187 e. The minimum absolute atomic E-state index is 0.150. The Morgan fingerprint density at radius 3 is 1.10 bits per heavy atom. The van der Waals surface area contributed by atoms with Crippen molar-refractivity contribution in [2.45, 2.75) is 105 Å². The highest BCUT2D eigenvalue weighted by atomic mass is 32.1. The lowest BCUT2D eigenvalue weighted by atomic mass is 9.79. The number of rotatable bonds is 7. The van der Waals surface area contributed by atoms with Crippen LogP contribution in [0.15, 0.2) is 218 Å². The van der Waals surface area contributed by atoms with Gasteiger partial charge in [-0.3, -0.25) is 0 Å². The van der Waals surface area contributed by atoms with E-state index >= 15 is 0 Å². The van der Waals surface area contributed by atoms with Crippen LogP contribution in [0.1, 0.15) is 105 Å². The first-order valence-electron chi connectivity index (χ1n) is 32.6. The van der Waals surface area contributed by atoms with Crippen molar-refractivity contribution in [1.29, 1.82) is 0 Å². The summed E-state index contributed by atoms with van der Waals surface area (Å²) in [6.45, 7) is 35.4. The molecule has 11 aromatic carbocycles. The van der Waals surface area contributed by atoms with E-state index in [4.69, 9.17) is 21.5 Å². The van der Waals surface area contributed by atoms with Gasteiger partial charge < -0.3 is 9.13 Å². The van der Waals surface area contributed by atoms with Crippen LogP contribution in [0.4, 0.5) is 5.69 Å². The number of para-hydroxylation sites is 2. The van der Waals surface area contributed by atoms with Crippen molar-refractivity contribution in [2.75, 3.05) is 0 Å². The van der Waals surface area contributed by atoms with Gasteiger partial charge in [0, 0.05) is 89.7 Å². The molecule has 0 atom stereocenters. The van der Waals surface area contributed by atoms with Crippen molar-refractivity contribution >= 4 is 112 Å². The van der Waals surface area contributed by atoms with Gasteiger partial charge in [-0.1, -0.05) is 210 Å². The van der Waals surface area contributed by atoms with Crippen molar-refractivity contribution < 1.29 is 0 Å². The minimum atomic E-state index is -0.150. The molecule has 0 amide bonds. The molecule has 0 saturated heterocycles. The molecule has 94 heavy (non-hydrogen) atoms. The van der Waals surface area contributed by atoms with Crippen LogP contribution in [0.3, 0.4) is 0 Å². The molecule has 0 aliphatic carbocycles. The maximum atomic E-state index is 7.92. The number of thiophene rings is 2. The van der Waals surface area contributed by atoms with Gasteiger partial charge >= 0.3 is 0 Å². The van der Waals surface area contributed by atoms with E-state index in [1.807, 2.05) is 34.8 Å². The fourth-order valence-corrected chi connectivity index (χ4v) is 16.5. The van der Waals surface area contributed by atoms with Crippen LogP contribution in [0.2, 0.25) is 0 Å². The summed E-state index contributed by atoms with van der Waals surface area (Å²) < 4.78 is 10.1. The zero-order valence-corrected chi connectivity index (χ0v) is 56.9. The van der Waals surface area contributed by atoms with Crippen LogP contribution < -0.4 is 0 Å². The van der Waals surface area contributed by atoms with Crippen molar-refractivity contribution in [3.63, 3.8) is 0 Å². The molecule has 0 aliphatic heterocycles. The third kappa shape index (κ3) is 9.81. The predicted molar refractivity (Wildman–Crippen MR) is 403 cm³/mol. The number of hydrogen-bond acceptors (Lipinski definition) is 5. The molecule has 16 aromatic rings. The second kappa shape index (κ2) is 21.5. The Balaban J connectivity index is 1.04. The highest BCUT2D eigenvalue weighted by Crippen LogP contribution is 2.49. The molecule has 0 spiro atoms. The Hall–Kier alpha value is -10.0. The van der Waals surface area contributed by atoms with Crippen LogP contribution in [0.5, 0.6) is 0 Å². The zero-order valence-electron chi connectivity index (χ0n) is 55.3. The van der Waals surface area contributed by atoms with Crippen molar-refractivity contribution in [1.82, 2.24) is 24.1 Å². The molecular weight excluding hydrogens is 1180 g/mol. The molecule has 0 bridgehead atoms. The Kier molecular flexibility index (Phi) is 13.5. The number of fused-ring (bicyclic) bond motifs is 14. The van der Waals surface area contributed by atoms with Crippen LogP contribution >= 0.6 is 22.7 Å². The van der Waals surface area contributed by atoms with Crippen LogP contribution in [0.25, 0.3) is 157 Å². The first kappa shape index (κ1) is 59.0. The second-order valence-corrected chi connectivity index (χ2v) is 31.7. The maximum absolute atomic E-state index is 7.92. The van der Waals surface area contributed by atoms with E-state index < -0.39 is 0 Å². The van der Waals surface area contributed by atoms with E-state index in [-0.39, 0.29) is 21.7 Å². The molecule has 0 radical (unpaired) electrons. The first-order valence-corrected chi connectivity index (χ1v) is 34.2. The summed E-state index contributed by atoms with van der Waals surface area (Å²) in [6.07, 6.45) is 0. The Labute approximate surface area is 557 Å². The van der Waals surface area contributed by atoms with E-state index in [1.165, 1.54) is 84.1 Å². The summed E-state index contributed by atoms with van der Waals surface area (Å²) >= 11 is 3.74. The van der Waals surface area contributed by atoms with E-state index in [0.717, 1.165) is 72.4 Å². The quantitative estimate of drug-likeness (QED) is 0.149. The molecule has 0 N–H and O–H groups in total. The summed E-state index contributed by atoms with van der Waals surface area (Å²) in [5.41, 5.74) is 18.3. The molecule has 5 aromatic heterocycles. The highest BCUT2D eigenvalue weighted by molar-refractivity contribution is 7.27. The van der Waals surface area contributed by atoms with Gasteiger partial charge in [0.25, 0.3) is 0 Å².